The van der Waals surface area contributed by atoms with Gasteiger partial charge in [-0.05, 0) is 36.5 Å². The van der Waals surface area contributed by atoms with Crippen LogP contribution in [-0.2, 0) is 6.54 Å². The lowest BCUT2D eigenvalue weighted by molar-refractivity contribution is 0.103. The number of nitrogens with one attached hydrogen (secondary N) is 1. The zero-order valence-corrected chi connectivity index (χ0v) is 14.4. The van der Waals surface area contributed by atoms with Crippen LogP contribution in [-0.4, -0.2) is 30.1 Å². The van der Waals surface area contributed by atoms with E-state index in [0.717, 1.165) is 30.6 Å². The van der Waals surface area contributed by atoms with Crippen molar-refractivity contribution in [2.75, 3.05) is 13.1 Å². The van der Waals surface area contributed by atoms with Crippen molar-refractivity contribution in [3.63, 3.8) is 0 Å². The lowest BCUT2D eigenvalue weighted by atomic mass is 9.97. The summed E-state index contributed by atoms with van der Waals surface area (Å²) in [6, 6.07) is 9.61. The minimum absolute atomic E-state index is 0.644. The lowest BCUT2D eigenvalue weighted by Gasteiger charge is -2.41. The Hall–Kier alpha value is -0.570. The van der Waals surface area contributed by atoms with Gasteiger partial charge in [0.05, 0.1) is 0 Å². The van der Waals surface area contributed by atoms with E-state index in [1.54, 1.807) is 0 Å². The SMILES string of the molecule is CCCC1CN(Cc2ccc(Cl)cc2)C(CC(C)C)CN1. The van der Waals surface area contributed by atoms with Gasteiger partial charge < -0.3 is 5.32 Å². The Labute approximate surface area is 134 Å². The van der Waals surface area contributed by atoms with Gasteiger partial charge in [-0.15, -0.1) is 0 Å². The molecule has 0 spiro atoms. The van der Waals surface area contributed by atoms with Gasteiger partial charge in [-0.2, -0.15) is 0 Å². The summed E-state index contributed by atoms with van der Waals surface area (Å²) in [5, 5.41) is 4.56. The smallest absolute Gasteiger partial charge is 0.0406 e. The Balaban J connectivity index is 2.03. The summed E-state index contributed by atoms with van der Waals surface area (Å²) < 4.78 is 0. The summed E-state index contributed by atoms with van der Waals surface area (Å²) in [6.07, 6.45) is 3.78. The van der Waals surface area contributed by atoms with Crippen molar-refractivity contribution in [1.82, 2.24) is 10.2 Å². The van der Waals surface area contributed by atoms with E-state index in [1.165, 1.54) is 24.8 Å². The molecular formula is C18H29ClN2. The topological polar surface area (TPSA) is 15.3 Å². The van der Waals surface area contributed by atoms with Gasteiger partial charge in [0.15, 0.2) is 0 Å². The predicted molar refractivity (Wildman–Crippen MR) is 91.8 cm³/mol. The fourth-order valence-electron chi connectivity index (χ4n) is 3.26. The highest BCUT2D eigenvalue weighted by molar-refractivity contribution is 6.30. The second-order valence-corrected chi connectivity index (χ2v) is 7.17. The van der Waals surface area contributed by atoms with E-state index in [9.17, 15) is 0 Å². The molecule has 0 amide bonds. The monoisotopic (exact) mass is 308 g/mol. The Bertz CT molecular complexity index is 416. The van der Waals surface area contributed by atoms with Gasteiger partial charge in [-0.1, -0.05) is 50.9 Å². The molecule has 1 fully saturated rings. The summed E-state index contributed by atoms with van der Waals surface area (Å²) in [7, 11) is 0. The summed E-state index contributed by atoms with van der Waals surface area (Å²) in [4.78, 5) is 2.67. The van der Waals surface area contributed by atoms with Gasteiger partial charge in [0, 0.05) is 36.7 Å². The summed E-state index contributed by atoms with van der Waals surface area (Å²) in [5.74, 6) is 0.743. The first-order valence-corrected chi connectivity index (χ1v) is 8.68. The number of benzene rings is 1. The number of halogens is 1. The summed E-state index contributed by atoms with van der Waals surface area (Å²) >= 11 is 5.99. The lowest BCUT2D eigenvalue weighted by Crippen LogP contribution is -2.56. The Morgan fingerprint density at radius 1 is 1.29 bits per heavy atom. The van der Waals surface area contributed by atoms with E-state index < -0.39 is 0 Å². The highest BCUT2D eigenvalue weighted by atomic mass is 35.5. The number of hydrogen-bond acceptors (Lipinski definition) is 2. The zero-order chi connectivity index (χ0) is 15.2. The predicted octanol–water partition coefficient (Wildman–Crippen LogP) is 4.33. The maximum Gasteiger partial charge on any atom is 0.0406 e. The second-order valence-electron chi connectivity index (χ2n) is 6.73. The first-order chi connectivity index (χ1) is 10.1. The highest BCUT2D eigenvalue weighted by Crippen LogP contribution is 2.20. The quantitative estimate of drug-likeness (QED) is 0.841. The molecule has 1 aliphatic heterocycles. The van der Waals surface area contributed by atoms with E-state index >= 15 is 0 Å². The normalized spacial score (nSPS) is 23.7. The third-order valence-corrected chi connectivity index (χ3v) is 4.54. The maximum absolute atomic E-state index is 5.99. The summed E-state index contributed by atoms with van der Waals surface area (Å²) in [6.45, 7) is 10.2. The molecule has 2 nitrogen and oxygen atoms in total. The first kappa shape index (κ1) is 16.8. The van der Waals surface area contributed by atoms with Crippen molar-refractivity contribution in [3.8, 4) is 0 Å². The van der Waals surface area contributed by atoms with Crippen LogP contribution < -0.4 is 5.32 Å². The van der Waals surface area contributed by atoms with Crippen LogP contribution in [0.1, 0.15) is 45.6 Å². The van der Waals surface area contributed by atoms with Crippen molar-refractivity contribution < 1.29 is 0 Å². The molecule has 2 rings (SSSR count). The molecule has 0 aliphatic carbocycles. The highest BCUT2D eigenvalue weighted by Gasteiger charge is 2.27. The van der Waals surface area contributed by atoms with E-state index in [2.05, 4.69) is 43.1 Å². The summed E-state index contributed by atoms with van der Waals surface area (Å²) in [5.41, 5.74) is 1.37. The minimum atomic E-state index is 0.644. The average molecular weight is 309 g/mol. The molecule has 0 bridgehead atoms. The van der Waals surface area contributed by atoms with Crippen LogP contribution in [0.5, 0.6) is 0 Å². The molecule has 1 aromatic rings. The van der Waals surface area contributed by atoms with Crippen LogP contribution >= 0.6 is 11.6 Å². The van der Waals surface area contributed by atoms with Crippen molar-refractivity contribution >= 4 is 11.6 Å². The van der Waals surface area contributed by atoms with Crippen LogP contribution in [0.25, 0.3) is 0 Å². The van der Waals surface area contributed by atoms with Crippen LogP contribution in [0.15, 0.2) is 24.3 Å². The molecule has 1 N–H and O–H groups in total. The van der Waals surface area contributed by atoms with Crippen LogP contribution in [0.3, 0.4) is 0 Å². The Morgan fingerprint density at radius 2 is 2.00 bits per heavy atom. The molecule has 3 heteroatoms. The van der Waals surface area contributed by atoms with Crippen LogP contribution in [0.2, 0.25) is 5.02 Å². The van der Waals surface area contributed by atoms with Crippen molar-refractivity contribution in [2.45, 2.75) is 58.7 Å². The number of hydrogen-bond donors (Lipinski definition) is 1. The fraction of sp³-hybridized carbons (Fsp3) is 0.667. The van der Waals surface area contributed by atoms with E-state index in [0.29, 0.717) is 12.1 Å². The fourth-order valence-corrected chi connectivity index (χ4v) is 3.39. The van der Waals surface area contributed by atoms with Crippen molar-refractivity contribution in [3.05, 3.63) is 34.9 Å². The van der Waals surface area contributed by atoms with Gasteiger partial charge in [0.25, 0.3) is 0 Å². The molecule has 0 radical (unpaired) electrons. The number of piperazine rings is 1. The van der Waals surface area contributed by atoms with Crippen LogP contribution in [0, 0.1) is 5.92 Å². The molecule has 21 heavy (non-hydrogen) atoms. The molecule has 118 valence electrons. The molecule has 2 unspecified atom stereocenters. The van der Waals surface area contributed by atoms with Gasteiger partial charge in [-0.25, -0.2) is 0 Å². The molecule has 1 heterocycles. The third kappa shape index (κ3) is 5.28. The largest absolute Gasteiger partial charge is 0.311 e. The molecule has 0 aromatic heterocycles. The van der Waals surface area contributed by atoms with Crippen molar-refractivity contribution in [2.24, 2.45) is 5.92 Å². The minimum Gasteiger partial charge on any atom is -0.311 e. The van der Waals surface area contributed by atoms with Crippen LogP contribution in [0.4, 0.5) is 0 Å². The second kappa shape index (κ2) is 8.17. The molecule has 1 saturated heterocycles. The van der Waals surface area contributed by atoms with E-state index in [1.807, 2.05) is 12.1 Å². The van der Waals surface area contributed by atoms with Gasteiger partial charge in [-0.3, -0.25) is 4.90 Å². The molecule has 1 aromatic carbocycles. The Morgan fingerprint density at radius 3 is 2.62 bits per heavy atom. The number of rotatable bonds is 6. The standard InChI is InChI=1S/C18H29ClN2/c1-4-5-17-13-21(18(11-20-17)10-14(2)3)12-15-6-8-16(19)9-7-15/h6-9,14,17-18,20H,4-5,10-13H2,1-3H3. The van der Waals surface area contributed by atoms with Crippen molar-refractivity contribution in [1.29, 1.82) is 0 Å². The first-order valence-electron chi connectivity index (χ1n) is 8.30. The van der Waals surface area contributed by atoms with Gasteiger partial charge in [0.2, 0.25) is 0 Å². The maximum atomic E-state index is 5.99. The zero-order valence-electron chi connectivity index (χ0n) is 13.6. The third-order valence-electron chi connectivity index (χ3n) is 4.29. The molecule has 0 saturated carbocycles. The van der Waals surface area contributed by atoms with E-state index in [-0.39, 0.29) is 0 Å². The van der Waals surface area contributed by atoms with Gasteiger partial charge in [0.1, 0.15) is 0 Å². The van der Waals surface area contributed by atoms with Gasteiger partial charge >= 0.3 is 0 Å². The van der Waals surface area contributed by atoms with E-state index in [4.69, 9.17) is 11.6 Å². The molecular weight excluding hydrogens is 280 g/mol. The molecule has 1 aliphatic rings. The average Bonchev–Trinajstić information content (AvgIpc) is 2.44. The Kier molecular flexibility index (Phi) is 6.53. The number of nitrogens with zero attached hydrogens (tertiary/aromatic N) is 1. The molecule has 2 atom stereocenters.